The number of benzene rings is 3. The number of pyridine rings is 1. The lowest BCUT2D eigenvalue weighted by Crippen LogP contribution is -2.35. The first-order chi connectivity index (χ1) is 16.2. The van der Waals surface area contributed by atoms with E-state index in [-0.39, 0.29) is 27.1 Å². The van der Waals surface area contributed by atoms with Crippen molar-refractivity contribution in [2.45, 2.75) is 19.8 Å². The molecule has 0 saturated carbocycles. The largest absolute Gasteiger partial charge is 0.452 e. The Labute approximate surface area is 202 Å². The molecule has 0 aliphatic carbocycles. The van der Waals surface area contributed by atoms with Gasteiger partial charge in [-0.3, -0.25) is 9.78 Å². The molecule has 0 fully saturated rings. The smallest absolute Gasteiger partial charge is 0.290 e. The van der Waals surface area contributed by atoms with Crippen molar-refractivity contribution in [2.75, 3.05) is 6.54 Å². The van der Waals surface area contributed by atoms with Crippen LogP contribution in [0.15, 0.2) is 71.3 Å². The van der Waals surface area contributed by atoms with E-state index in [1.165, 1.54) is 24.4 Å². The zero-order valence-electron chi connectivity index (χ0n) is 18.3. The fourth-order valence-corrected chi connectivity index (χ4v) is 4.06. The minimum Gasteiger partial charge on any atom is -0.452 e. The van der Waals surface area contributed by atoms with Gasteiger partial charge in [-0.2, -0.15) is 8.78 Å². The van der Waals surface area contributed by atoms with Gasteiger partial charge in [-0.25, -0.2) is 4.39 Å². The Hall–Kier alpha value is -3.39. The quantitative estimate of drug-likeness (QED) is 0.291. The molecule has 0 spiro atoms. The van der Waals surface area contributed by atoms with Gasteiger partial charge in [0.05, 0.1) is 28.3 Å². The lowest BCUT2D eigenvalue weighted by molar-refractivity contribution is -0.00308. The zero-order chi connectivity index (χ0) is 24.5. The highest BCUT2D eigenvalue weighted by atomic mass is 79.9. The molecule has 0 radical (unpaired) electrons. The summed E-state index contributed by atoms with van der Waals surface area (Å²) in [5, 5.41) is 2.72. The van der Waals surface area contributed by atoms with E-state index in [1.54, 1.807) is 49.4 Å². The molecule has 4 rings (SSSR count). The van der Waals surface area contributed by atoms with E-state index in [2.05, 4.69) is 26.2 Å². The van der Waals surface area contributed by atoms with Gasteiger partial charge in [-0.1, -0.05) is 48.0 Å². The van der Waals surface area contributed by atoms with Gasteiger partial charge in [0.15, 0.2) is 17.3 Å². The van der Waals surface area contributed by atoms with Crippen LogP contribution < -0.4 is 10.1 Å². The van der Waals surface area contributed by atoms with Crippen molar-refractivity contribution in [3.63, 3.8) is 0 Å². The molecule has 174 valence electrons. The predicted octanol–water partition coefficient (Wildman–Crippen LogP) is 7.07. The Balaban J connectivity index is 1.68. The van der Waals surface area contributed by atoms with Crippen molar-refractivity contribution in [1.82, 2.24) is 10.3 Å². The molecule has 0 unspecified atom stereocenters. The second-order valence-corrected chi connectivity index (χ2v) is 8.73. The summed E-state index contributed by atoms with van der Waals surface area (Å²) in [6.45, 7) is 2.50. The number of nitrogens with one attached hydrogen (secondary N) is 1. The van der Waals surface area contributed by atoms with Gasteiger partial charge in [-0.05, 0) is 53.5 Å². The third-order valence-electron chi connectivity index (χ3n) is 5.35. The van der Waals surface area contributed by atoms with Crippen molar-refractivity contribution >= 4 is 32.7 Å². The Morgan fingerprint density at radius 3 is 2.59 bits per heavy atom. The van der Waals surface area contributed by atoms with Crippen molar-refractivity contribution in [2.24, 2.45) is 0 Å². The molecule has 1 N–H and O–H groups in total. The molecule has 0 aliphatic rings. The van der Waals surface area contributed by atoms with Crippen molar-refractivity contribution in [3.05, 3.63) is 99.4 Å². The average molecular weight is 529 g/mol. The number of hydrogen-bond acceptors (Lipinski definition) is 3. The number of ether oxygens (including phenoxy) is 1. The summed E-state index contributed by atoms with van der Waals surface area (Å²) in [6.07, 6.45) is 1.28. The number of amides is 1. The van der Waals surface area contributed by atoms with Crippen LogP contribution in [0.1, 0.15) is 27.0 Å². The molecule has 4 nitrogen and oxygen atoms in total. The van der Waals surface area contributed by atoms with E-state index in [9.17, 15) is 18.0 Å². The van der Waals surface area contributed by atoms with E-state index in [1.807, 2.05) is 6.92 Å². The van der Waals surface area contributed by atoms with Crippen LogP contribution in [-0.2, 0) is 5.92 Å². The van der Waals surface area contributed by atoms with Crippen LogP contribution in [0.3, 0.4) is 0 Å². The second-order valence-electron chi connectivity index (χ2n) is 7.87. The minimum absolute atomic E-state index is 0.0126. The highest BCUT2D eigenvalue weighted by molar-refractivity contribution is 9.10. The van der Waals surface area contributed by atoms with Gasteiger partial charge in [0.25, 0.3) is 11.8 Å². The number of aryl methyl sites for hydroxylation is 2. The number of para-hydroxylation sites is 1. The van der Waals surface area contributed by atoms with E-state index >= 15 is 0 Å². The number of carbonyl (C=O) groups is 1. The topological polar surface area (TPSA) is 51.2 Å². The molecule has 8 heteroatoms. The zero-order valence-corrected chi connectivity index (χ0v) is 19.9. The third-order valence-corrected chi connectivity index (χ3v) is 5.96. The molecule has 0 atom stereocenters. The SMILES string of the molecule is Cc1ccc(C(F)(F)CNC(=O)c2c(Oc3cccc(Br)c3F)cnc3ccccc23)c(C)c1. The molecule has 0 bridgehead atoms. The third kappa shape index (κ3) is 4.77. The first-order valence-corrected chi connectivity index (χ1v) is 11.2. The van der Waals surface area contributed by atoms with Crippen LogP contribution in [0.25, 0.3) is 10.9 Å². The van der Waals surface area contributed by atoms with Crippen molar-refractivity contribution < 1.29 is 22.7 Å². The maximum atomic E-state index is 15.0. The molecule has 4 aromatic rings. The lowest BCUT2D eigenvalue weighted by atomic mass is 10.00. The highest BCUT2D eigenvalue weighted by Gasteiger charge is 2.34. The van der Waals surface area contributed by atoms with Crippen LogP contribution in [0.2, 0.25) is 0 Å². The van der Waals surface area contributed by atoms with Crippen LogP contribution >= 0.6 is 15.9 Å². The normalized spacial score (nSPS) is 11.5. The fraction of sp³-hybridized carbons (Fsp3) is 0.154. The summed E-state index contributed by atoms with van der Waals surface area (Å²) < 4.78 is 50.3. The Morgan fingerprint density at radius 2 is 1.82 bits per heavy atom. The number of nitrogens with zero attached hydrogens (tertiary/aromatic N) is 1. The number of halogens is 4. The molecule has 0 saturated heterocycles. The van der Waals surface area contributed by atoms with Crippen LogP contribution in [0, 0.1) is 19.7 Å². The minimum atomic E-state index is -3.30. The highest BCUT2D eigenvalue weighted by Crippen LogP contribution is 2.34. The summed E-state index contributed by atoms with van der Waals surface area (Å²) in [4.78, 5) is 17.4. The standard InChI is InChI=1S/C26H20BrF3N2O2/c1-15-10-11-18(16(2)12-15)26(29,30)14-32-25(33)23-17-6-3-4-8-20(17)31-13-22(23)34-21-9-5-7-19(27)24(21)28/h3-13H,14H2,1-2H3,(H,32,33). The lowest BCUT2D eigenvalue weighted by Gasteiger charge is -2.21. The second kappa shape index (κ2) is 9.46. The summed E-state index contributed by atoms with van der Waals surface area (Å²) in [5.74, 6) is -4.94. The molecular weight excluding hydrogens is 509 g/mol. The Bertz CT molecular complexity index is 1390. The number of aromatic nitrogens is 1. The number of alkyl halides is 2. The number of carbonyl (C=O) groups excluding carboxylic acids is 1. The molecule has 34 heavy (non-hydrogen) atoms. The van der Waals surface area contributed by atoms with E-state index in [4.69, 9.17) is 4.74 Å². The summed E-state index contributed by atoms with van der Waals surface area (Å²) in [5.41, 5.74) is 1.59. The summed E-state index contributed by atoms with van der Waals surface area (Å²) >= 11 is 3.09. The molecular formula is C26H20BrF3N2O2. The first-order valence-electron chi connectivity index (χ1n) is 10.4. The molecule has 1 aromatic heterocycles. The molecule has 0 aliphatic heterocycles. The van der Waals surface area contributed by atoms with E-state index in [0.717, 1.165) is 5.56 Å². The fourth-order valence-electron chi connectivity index (χ4n) is 3.71. The number of fused-ring (bicyclic) bond motifs is 1. The van der Waals surface area contributed by atoms with E-state index in [0.29, 0.717) is 16.5 Å². The van der Waals surface area contributed by atoms with Crippen LogP contribution in [0.4, 0.5) is 13.2 Å². The predicted molar refractivity (Wildman–Crippen MR) is 128 cm³/mol. The van der Waals surface area contributed by atoms with Crippen molar-refractivity contribution in [3.8, 4) is 11.5 Å². The maximum Gasteiger partial charge on any atom is 0.290 e. The van der Waals surface area contributed by atoms with E-state index < -0.39 is 24.2 Å². The molecule has 1 amide bonds. The van der Waals surface area contributed by atoms with Gasteiger partial charge < -0.3 is 10.1 Å². The van der Waals surface area contributed by atoms with Crippen LogP contribution in [-0.4, -0.2) is 17.4 Å². The first kappa shape index (κ1) is 23.8. The summed E-state index contributed by atoms with van der Waals surface area (Å²) in [6, 6.07) is 15.8. The van der Waals surface area contributed by atoms with Gasteiger partial charge in [0.1, 0.15) is 0 Å². The number of rotatable bonds is 6. The maximum absolute atomic E-state index is 15.0. The van der Waals surface area contributed by atoms with Gasteiger partial charge in [-0.15, -0.1) is 0 Å². The monoisotopic (exact) mass is 528 g/mol. The Kier molecular flexibility index (Phi) is 6.61. The number of hydrogen-bond donors (Lipinski definition) is 1. The average Bonchev–Trinajstić information content (AvgIpc) is 2.80. The van der Waals surface area contributed by atoms with Gasteiger partial charge >= 0.3 is 0 Å². The summed E-state index contributed by atoms with van der Waals surface area (Å²) in [7, 11) is 0. The van der Waals surface area contributed by atoms with Gasteiger partial charge in [0, 0.05) is 10.9 Å². The van der Waals surface area contributed by atoms with Crippen molar-refractivity contribution in [1.29, 1.82) is 0 Å². The molecule has 3 aromatic carbocycles. The van der Waals surface area contributed by atoms with Gasteiger partial charge in [0.2, 0.25) is 0 Å². The Morgan fingerprint density at radius 1 is 1.06 bits per heavy atom. The molecule has 1 heterocycles. The van der Waals surface area contributed by atoms with Crippen LogP contribution in [0.5, 0.6) is 11.5 Å².